The number of ketones is 1. The van der Waals surface area contributed by atoms with E-state index >= 15 is 0 Å². The number of ether oxygens (including phenoxy) is 1. The van der Waals surface area contributed by atoms with Crippen LogP contribution in [0.1, 0.15) is 25.7 Å². The summed E-state index contributed by atoms with van der Waals surface area (Å²) in [6.07, 6.45) is 3.97. The van der Waals surface area contributed by atoms with Crippen molar-refractivity contribution < 1.29 is 19.4 Å². The Morgan fingerprint density at radius 2 is 2.12 bits per heavy atom. The first-order valence-corrected chi connectivity index (χ1v) is 5.26. The highest BCUT2D eigenvalue weighted by Gasteiger charge is 2.10. The minimum Gasteiger partial charge on any atom is -0.480 e. The molecular weight excluding hydrogens is 210 g/mol. The fourth-order valence-corrected chi connectivity index (χ4v) is 1.04. The van der Waals surface area contributed by atoms with Gasteiger partial charge in [-0.3, -0.25) is 9.59 Å². The van der Waals surface area contributed by atoms with Gasteiger partial charge in [0.25, 0.3) is 0 Å². The van der Waals surface area contributed by atoms with E-state index in [1.165, 1.54) is 0 Å². The second-order valence-electron chi connectivity index (χ2n) is 3.49. The number of aliphatic carboxylic acids is 1. The number of rotatable bonds is 10. The fraction of sp³-hybridized carbons (Fsp3) is 0.636. The highest BCUT2D eigenvalue weighted by molar-refractivity contribution is 5.78. The Balaban J connectivity index is 3.36. The summed E-state index contributed by atoms with van der Waals surface area (Å²) in [4.78, 5) is 21.5. The average molecular weight is 229 g/mol. The van der Waals surface area contributed by atoms with Gasteiger partial charge in [-0.15, -0.1) is 6.58 Å². The first kappa shape index (κ1) is 14.8. The summed E-state index contributed by atoms with van der Waals surface area (Å²) in [5.74, 6) is -0.909. The van der Waals surface area contributed by atoms with E-state index in [0.717, 1.165) is 0 Å². The molecule has 0 unspecified atom stereocenters. The van der Waals surface area contributed by atoms with Gasteiger partial charge in [0, 0.05) is 19.4 Å². The summed E-state index contributed by atoms with van der Waals surface area (Å²) in [5, 5.41) is 8.46. The van der Waals surface area contributed by atoms with E-state index in [2.05, 4.69) is 6.58 Å². The van der Waals surface area contributed by atoms with Crippen molar-refractivity contribution in [3.05, 3.63) is 12.7 Å². The van der Waals surface area contributed by atoms with Crippen LogP contribution in [0.4, 0.5) is 0 Å². The van der Waals surface area contributed by atoms with Crippen LogP contribution in [-0.2, 0) is 14.3 Å². The predicted octanol–water partition coefficient (Wildman–Crippen LogP) is 0.730. The first-order chi connectivity index (χ1) is 7.57. The molecule has 5 heteroatoms. The zero-order chi connectivity index (χ0) is 12.4. The second kappa shape index (κ2) is 9.06. The first-order valence-electron chi connectivity index (χ1n) is 5.26. The Morgan fingerprint density at radius 1 is 1.44 bits per heavy atom. The molecule has 0 spiro atoms. The van der Waals surface area contributed by atoms with Crippen LogP contribution in [0, 0.1) is 0 Å². The zero-order valence-corrected chi connectivity index (χ0v) is 9.35. The molecule has 0 radical (unpaired) electrons. The topological polar surface area (TPSA) is 89.6 Å². The fourth-order valence-electron chi connectivity index (χ4n) is 1.04. The zero-order valence-electron chi connectivity index (χ0n) is 9.35. The van der Waals surface area contributed by atoms with Gasteiger partial charge in [0.1, 0.15) is 11.8 Å². The molecule has 0 aromatic carbocycles. The summed E-state index contributed by atoms with van der Waals surface area (Å²) in [6, 6.07) is -0.989. The Hall–Kier alpha value is -1.20. The minimum absolute atomic E-state index is 0.0177. The Morgan fingerprint density at radius 3 is 2.69 bits per heavy atom. The summed E-state index contributed by atoms with van der Waals surface area (Å²) in [6.45, 7) is 3.88. The third-order valence-electron chi connectivity index (χ3n) is 1.99. The van der Waals surface area contributed by atoms with Gasteiger partial charge >= 0.3 is 5.97 Å². The molecule has 0 aliphatic rings. The third-order valence-corrected chi connectivity index (χ3v) is 1.99. The van der Waals surface area contributed by atoms with E-state index in [4.69, 9.17) is 15.6 Å². The Bertz CT molecular complexity index is 240. The highest BCUT2D eigenvalue weighted by atomic mass is 16.5. The van der Waals surface area contributed by atoms with Gasteiger partial charge in [0.15, 0.2) is 0 Å². The summed E-state index contributed by atoms with van der Waals surface area (Å²) in [5.41, 5.74) is 5.22. The number of hydrogen-bond acceptors (Lipinski definition) is 4. The molecule has 0 aliphatic carbocycles. The van der Waals surface area contributed by atoms with Crippen molar-refractivity contribution in [3.8, 4) is 0 Å². The van der Waals surface area contributed by atoms with Gasteiger partial charge in [-0.2, -0.15) is 0 Å². The van der Waals surface area contributed by atoms with Gasteiger partial charge < -0.3 is 15.6 Å². The molecule has 0 aliphatic heterocycles. The van der Waals surface area contributed by atoms with E-state index in [9.17, 15) is 9.59 Å². The molecule has 16 heavy (non-hydrogen) atoms. The molecule has 0 fully saturated rings. The number of allylic oxidation sites excluding steroid dienone is 1. The Labute approximate surface area is 95.3 Å². The Kier molecular flexibility index (Phi) is 8.38. The molecule has 0 rings (SSSR count). The smallest absolute Gasteiger partial charge is 0.322 e. The maximum atomic E-state index is 11.2. The molecule has 0 saturated carbocycles. The maximum Gasteiger partial charge on any atom is 0.322 e. The van der Waals surface area contributed by atoms with E-state index in [1.807, 2.05) is 0 Å². The number of nitrogens with two attached hydrogens (primary N) is 1. The van der Waals surface area contributed by atoms with Gasteiger partial charge in [0.05, 0.1) is 6.61 Å². The SMILES string of the molecule is C=CCCC(=O)CCCOC[C@H](N)C(=O)O. The number of carboxylic acid groups (broad SMARTS) is 1. The van der Waals surface area contributed by atoms with Crippen LogP contribution in [-0.4, -0.2) is 36.1 Å². The van der Waals surface area contributed by atoms with Crippen molar-refractivity contribution in [3.63, 3.8) is 0 Å². The van der Waals surface area contributed by atoms with Crippen LogP contribution in [0.15, 0.2) is 12.7 Å². The standard InChI is InChI=1S/C11H19NO4/c1-2-3-5-9(13)6-4-7-16-8-10(12)11(14)15/h2,10H,1,3-8,12H2,(H,14,15)/t10-/m0/s1. The molecule has 0 aromatic rings. The van der Waals surface area contributed by atoms with E-state index in [1.54, 1.807) is 6.08 Å². The van der Waals surface area contributed by atoms with Crippen molar-refractivity contribution in [1.82, 2.24) is 0 Å². The maximum absolute atomic E-state index is 11.2. The number of carbonyl (C=O) groups is 2. The highest BCUT2D eigenvalue weighted by Crippen LogP contribution is 1.99. The number of hydrogen-bond donors (Lipinski definition) is 2. The minimum atomic E-state index is -1.08. The van der Waals surface area contributed by atoms with E-state index < -0.39 is 12.0 Å². The van der Waals surface area contributed by atoms with E-state index in [0.29, 0.717) is 32.3 Å². The molecule has 0 saturated heterocycles. The van der Waals surface area contributed by atoms with Gasteiger partial charge in [-0.1, -0.05) is 6.08 Å². The molecule has 0 bridgehead atoms. The van der Waals surface area contributed by atoms with Crippen molar-refractivity contribution in [2.45, 2.75) is 31.7 Å². The second-order valence-corrected chi connectivity index (χ2v) is 3.49. The largest absolute Gasteiger partial charge is 0.480 e. The van der Waals surface area contributed by atoms with Crippen LogP contribution in [0.3, 0.4) is 0 Å². The number of carbonyl (C=O) groups excluding carboxylic acids is 1. The van der Waals surface area contributed by atoms with Gasteiger partial charge in [-0.25, -0.2) is 0 Å². The van der Waals surface area contributed by atoms with Crippen LogP contribution in [0.2, 0.25) is 0 Å². The molecule has 0 amide bonds. The normalized spacial score (nSPS) is 12.1. The lowest BCUT2D eigenvalue weighted by molar-refractivity contribution is -0.140. The molecule has 1 atom stereocenters. The van der Waals surface area contributed by atoms with Gasteiger partial charge in [0.2, 0.25) is 0 Å². The molecule has 92 valence electrons. The molecular formula is C11H19NO4. The number of Topliss-reactive ketones (excluding diaryl/α,β-unsaturated/α-hetero) is 1. The van der Waals surface area contributed by atoms with Crippen molar-refractivity contribution in [2.75, 3.05) is 13.2 Å². The van der Waals surface area contributed by atoms with Crippen molar-refractivity contribution in [2.24, 2.45) is 5.73 Å². The molecule has 0 heterocycles. The van der Waals surface area contributed by atoms with Crippen LogP contribution < -0.4 is 5.73 Å². The van der Waals surface area contributed by atoms with E-state index in [-0.39, 0.29) is 12.4 Å². The van der Waals surface area contributed by atoms with Crippen LogP contribution in [0.5, 0.6) is 0 Å². The predicted molar refractivity (Wildman–Crippen MR) is 60.1 cm³/mol. The molecule has 0 aromatic heterocycles. The van der Waals surface area contributed by atoms with Crippen LogP contribution in [0.25, 0.3) is 0 Å². The summed E-state index contributed by atoms with van der Waals surface area (Å²) in [7, 11) is 0. The monoisotopic (exact) mass is 229 g/mol. The van der Waals surface area contributed by atoms with Crippen molar-refractivity contribution in [1.29, 1.82) is 0 Å². The molecule has 5 nitrogen and oxygen atoms in total. The van der Waals surface area contributed by atoms with Crippen molar-refractivity contribution >= 4 is 11.8 Å². The quantitative estimate of drug-likeness (QED) is 0.426. The lowest BCUT2D eigenvalue weighted by atomic mass is 10.1. The lowest BCUT2D eigenvalue weighted by Gasteiger charge is -2.07. The molecule has 3 N–H and O–H groups in total. The van der Waals surface area contributed by atoms with Crippen LogP contribution >= 0.6 is 0 Å². The lowest BCUT2D eigenvalue weighted by Crippen LogP contribution is -2.35. The average Bonchev–Trinajstić information content (AvgIpc) is 2.25. The number of carboxylic acids is 1. The summed E-state index contributed by atoms with van der Waals surface area (Å²) < 4.78 is 5.03. The van der Waals surface area contributed by atoms with Gasteiger partial charge in [-0.05, 0) is 12.8 Å². The third kappa shape index (κ3) is 8.14. The summed E-state index contributed by atoms with van der Waals surface area (Å²) >= 11 is 0.